The van der Waals surface area contributed by atoms with Gasteiger partial charge in [0.2, 0.25) is 0 Å². The zero-order valence-electron chi connectivity index (χ0n) is 18.8. The predicted molar refractivity (Wildman–Crippen MR) is 128 cm³/mol. The molecular formula is C25H22BrN3O5. The Morgan fingerprint density at radius 3 is 2.65 bits per heavy atom. The first-order chi connectivity index (χ1) is 16.2. The molecule has 1 atom stereocenters. The number of likely N-dealkylation sites (tertiary alicyclic amines) is 1. The summed E-state index contributed by atoms with van der Waals surface area (Å²) in [6.45, 7) is 3.45. The number of benzene rings is 1. The van der Waals surface area contributed by atoms with E-state index in [4.69, 9.17) is 4.74 Å². The highest BCUT2D eigenvalue weighted by Crippen LogP contribution is 2.42. The minimum absolute atomic E-state index is 0.0476. The van der Waals surface area contributed by atoms with Gasteiger partial charge < -0.3 is 19.7 Å². The van der Waals surface area contributed by atoms with E-state index in [1.165, 1.54) is 12.0 Å². The molecule has 4 rings (SSSR count). The number of methoxy groups -OCH3 is 1. The monoisotopic (exact) mass is 523 g/mol. The zero-order chi connectivity index (χ0) is 24.6. The fourth-order valence-electron chi connectivity index (χ4n) is 4.30. The van der Waals surface area contributed by atoms with Crippen molar-refractivity contribution in [3.8, 4) is 0 Å². The molecule has 0 bridgehead atoms. The number of aromatic amines is 1. The summed E-state index contributed by atoms with van der Waals surface area (Å²) < 4.78 is 5.57. The largest absolute Gasteiger partial charge is 0.507 e. The summed E-state index contributed by atoms with van der Waals surface area (Å²) in [7, 11) is 1.26. The van der Waals surface area contributed by atoms with E-state index in [0.29, 0.717) is 22.4 Å². The van der Waals surface area contributed by atoms with Gasteiger partial charge in [-0.1, -0.05) is 34.1 Å². The molecule has 0 unspecified atom stereocenters. The van der Waals surface area contributed by atoms with E-state index in [1.807, 2.05) is 12.1 Å². The molecule has 1 fully saturated rings. The lowest BCUT2D eigenvalue weighted by Gasteiger charge is -2.25. The van der Waals surface area contributed by atoms with Crippen LogP contribution in [0.5, 0.6) is 0 Å². The molecule has 1 aliphatic heterocycles. The molecule has 0 aliphatic carbocycles. The third kappa shape index (κ3) is 4.03. The lowest BCUT2D eigenvalue weighted by molar-refractivity contribution is -0.140. The number of aliphatic hydroxyl groups excluding tert-OH is 1. The van der Waals surface area contributed by atoms with Crippen molar-refractivity contribution in [2.45, 2.75) is 26.4 Å². The fourth-order valence-corrected chi connectivity index (χ4v) is 4.72. The molecule has 174 valence electrons. The van der Waals surface area contributed by atoms with Gasteiger partial charge >= 0.3 is 5.97 Å². The molecule has 34 heavy (non-hydrogen) atoms. The number of carbonyl (C=O) groups excluding carboxylic acids is 3. The number of ketones is 1. The van der Waals surface area contributed by atoms with Crippen molar-refractivity contribution in [3.05, 3.63) is 92.5 Å². The van der Waals surface area contributed by atoms with Gasteiger partial charge in [-0.25, -0.2) is 4.79 Å². The number of aliphatic hydroxyl groups is 1. The van der Waals surface area contributed by atoms with Gasteiger partial charge in [-0.05, 0) is 48.7 Å². The molecule has 0 radical (unpaired) electrons. The lowest BCUT2D eigenvalue weighted by Crippen LogP contribution is -2.29. The van der Waals surface area contributed by atoms with Gasteiger partial charge in [0.05, 0.1) is 18.7 Å². The molecule has 8 nitrogen and oxygen atoms in total. The first kappa shape index (κ1) is 23.4. The van der Waals surface area contributed by atoms with Gasteiger partial charge in [-0.3, -0.25) is 14.6 Å². The van der Waals surface area contributed by atoms with E-state index in [9.17, 15) is 19.5 Å². The molecule has 0 saturated carbocycles. The van der Waals surface area contributed by atoms with Crippen molar-refractivity contribution in [1.82, 2.24) is 14.9 Å². The first-order valence-electron chi connectivity index (χ1n) is 10.4. The summed E-state index contributed by atoms with van der Waals surface area (Å²) in [5, 5.41) is 11.4. The number of amides is 1. The number of hydrogen-bond acceptors (Lipinski definition) is 6. The Bertz CT molecular complexity index is 1330. The molecule has 1 aliphatic rings. The van der Waals surface area contributed by atoms with Gasteiger partial charge in [-0.2, -0.15) is 0 Å². The van der Waals surface area contributed by atoms with E-state index in [2.05, 4.69) is 25.9 Å². The van der Waals surface area contributed by atoms with E-state index >= 15 is 0 Å². The molecule has 1 aromatic carbocycles. The molecule has 0 spiro atoms. The van der Waals surface area contributed by atoms with Crippen LogP contribution in [-0.4, -0.2) is 44.7 Å². The summed E-state index contributed by atoms with van der Waals surface area (Å²) >= 11 is 3.45. The number of pyridine rings is 1. The molecule has 9 heteroatoms. The van der Waals surface area contributed by atoms with Gasteiger partial charge in [-0.15, -0.1) is 0 Å². The van der Waals surface area contributed by atoms with Crippen LogP contribution in [0.1, 0.15) is 44.5 Å². The number of aromatic nitrogens is 2. The number of Topliss-reactive ketones (excluding diaryl/α,β-unsaturated/α-hetero) is 1. The Balaban J connectivity index is 1.92. The highest BCUT2D eigenvalue weighted by atomic mass is 79.9. The van der Waals surface area contributed by atoms with Crippen LogP contribution >= 0.6 is 15.9 Å². The second kappa shape index (κ2) is 9.26. The van der Waals surface area contributed by atoms with E-state index in [1.54, 1.807) is 50.5 Å². The van der Waals surface area contributed by atoms with Crippen LogP contribution in [0.25, 0.3) is 5.76 Å². The summed E-state index contributed by atoms with van der Waals surface area (Å²) in [6.07, 6.45) is 3.25. The number of rotatable bonds is 5. The quantitative estimate of drug-likeness (QED) is 0.224. The molecular weight excluding hydrogens is 502 g/mol. The summed E-state index contributed by atoms with van der Waals surface area (Å²) in [5.74, 6) is -2.47. The highest BCUT2D eigenvalue weighted by molar-refractivity contribution is 9.10. The summed E-state index contributed by atoms with van der Waals surface area (Å²) in [6, 6.07) is 9.95. The number of nitrogens with one attached hydrogen (secondary N) is 1. The van der Waals surface area contributed by atoms with Crippen molar-refractivity contribution < 1.29 is 24.2 Å². The van der Waals surface area contributed by atoms with Gasteiger partial charge in [0.15, 0.2) is 0 Å². The van der Waals surface area contributed by atoms with Gasteiger partial charge in [0.25, 0.3) is 11.7 Å². The van der Waals surface area contributed by atoms with Crippen LogP contribution in [0, 0.1) is 13.8 Å². The number of esters is 1. The normalized spacial score (nSPS) is 17.3. The Labute approximate surface area is 204 Å². The zero-order valence-corrected chi connectivity index (χ0v) is 20.3. The van der Waals surface area contributed by atoms with E-state index in [0.717, 1.165) is 10.0 Å². The SMILES string of the molecule is COC(=O)c1[nH]c(C)c(C(O)=C2C(=O)C(=O)N(Cc3cccnc3)[C@H]2c2cccc(Br)c2)c1C. The van der Waals surface area contributed by atoms with Gasteiger partial charge in [0.1, 0.15) is 11.5 Å². The molecule has 1 saturated heterocycles. The fraction of sp³-hybridized carbons (Fsp3) is 0.200. The number of hydrogen-bond donors (Lipinski definition) is 2. The molecule has 3 aromatic rings. The second-order valence-corrected chi connectivity index (χ2v) is 8.88. The van der Waals surface area contributed by atoms with Crippen LogP contribution in [0.3, 0.4) is 0 Å². The third-order valence-corrected chi connectivity index (χ3v) is 6.34. The summed E-state index contributed by atoms with van der Waals surface area (Å²) in [5.41, 5.74) is 2.71. The van der Waals surface area contributed by atoms with Crippen molar-refractivity contribution in [1.29, 1.82) is 0 Å². The van der Waals surface area contributed by atoms with Crippen LogP contribution < -0.4 is 0 Å². The number of nitrogens with zero attached hydrogens (tertiary/aromatic N) is 2. The third-order valence-electron chi connectivity index (χ3n) is 5.84. The molecule has 2 aromatic heterocycles. The maximum atomic E-state index is 13.3. The number of halogens is 1. The lowest BCUT2D eigenvalue weighted by atomic mass is 9.94. The van der Waals surface area contributed by atoms with Crippen LogP contribution in [0.15, 0.2) is 58.8 Å². The Morgan fingerprint density at radius 2 is 2.00 bits per heavy atom. The Hall–Kier alpha value is -3.72. The predicted octanol–water partition coefficient (Wildman–Crippen LogP) is 4.20. The smallest absolute Gasteiger partial charge is 0.354 e. The Kier molecular flexibility index (Phi) is 6.39. The average Bonchev–Trinajstić information content (AvgIpc) is 3.26. The van der Waals surface area contributed by atoms with Crippen LogP contribution in [0.4, 0.5) is 0 Å². The van der Waals surface area contributed by atoms with E-state index < -0.39 is 23.7 Å². The van der Waals surface area contributed by atoms with Crippen molar-refractivity contribution in [2.24, 2.45) is 0 Å². The average molecular weight is 524 g/mol. The highest BCUT2D eigenvalue weighted by Gasteiger charge is 2.46. The van der Waals surface area contributed by atoms with Crippen LogP contribution in [-0.2, 0) is 20.9 Å². The molecule has 1 amide bonds. The topological polar surface area (TPSA) is 113 Å². The number of aryl methyl sites for hydroxylation is 1. The maximum absolute atomic E-state index is 13.3. The number of H-pyrrole nitrogens is 1. The standard InChI is InChI=1S/C25H22BrN3O5/c1-13-18(14(2)28-20(13)25(33)34-3)22(30)19-21(16-7-4-8-17(26)10-16)29(24(32)23(19)31)12-15-6-5-9-27-11-15/h4-11,21,28,30H,12H2,1-3H3/t21-/m0/s1. The first-order valence-corrected chi connectivity index (χ1v) is 11.2. The summed E-state index contributed by atoms with van der Waals surface area (Å²) in [4.78, 5) is 47.0. The minimum Gasteiger partial charge on any atom is -0.507 e. The minimum atomic E-state index is -0.840. The molecule has 3 heterocycles. The number of ether oxygens (including phenoxy) is 1. The molecule has 2 N–H and O–H groups in total. The van der Waals surface area contributed by atoms with E-state index in [-0.39, 0.29) is 23.6 Å². The van der Waals surface area contributed by atoms with Crippen LogP contribution in [0.2, 0.25) is 0 Å². The Morgan fingerprint density at radius 1 is 1.24 bits per heavy atom. The van der Waals surface area contributed by atoms with Gasteiger partial charge in [0, 0.05) is 34.7 Å². The van der Waals surface area contributed by atoms with Crippen molar-refractivity contribution in [3.63, 3.8) is 0 Å². The van der Waals surface area contributed by atoms with Crippen molar-refractivity contribution >= 4 is 39.3 Å². The maximum Gasteiger partial charge on any atom is 0.354 e. The number of carbonyl (C=O) groups is 3. The second-order valence-electron chi connectivity index (χ2n) is 7.96. The van der Waals surface area contributed by atoms with Crippen molar-refractivity contribution in [2.75, 3.05) is 7.11 Å².